The summed E-state index contributed by atoms with van der Waals surface area (Å²) in [5.41, 5.74) is 0.550. The summed E-state index contributed by atoms with van der Waals surface area (Å²) in [6.45, 7) is 0. The highest BCUT2D eigenvalue weighted by atomic mass is 19.3. The smallest absolute Gasteiger partial charge is 0.349 e. The molecule has 8 heteroatoms. The van der Waals surface area contributed by atoms with Crippen molar-refractivity contribution in [1.29, 1.82) is 0 Å². The Labute approximate surface area is 118 Å². The molecule has 0 heterocycles. The van der Waals surface area contributed by atoms with E-state index in [1.165, 1.54) is 29.2 Å². The summed E-state index contributed by atoms with van der Waals surface area (Å²) in [6, 6.07) is 5.41. The average molecular weight is 306 g/mol. The number of nitrogens with one attached hydrogen (secondary N) is 1. The van der Waals surface area contributed by atoms with Gasteiger partial charge in [-0.2, -0.15) is 8.78 Å². The largest absolute Gasteiger partial charge is 0.383 e. The number of hydrogen-bond acceptors (Lipinski definition) is 2. The molecule has 0 aromatic heterocycles. The second kappa shape index (κ2) is 6.55. The van der Waals surface area contributed by atoms with Gasteiger partial charge in [0.15, 0.2) is 0 Å². The monoisotopic (exact) mass is 306 g/mol. The van der Waals surface area contributed by atoms with Crippen LogP contribution in [-0.2, 0) is 16.0 Å². The van der Waals surface area contributed by atoms with Crippen molar-refractivity contribution in [2.75, 3.05) is 19.4 Å². The van der Waals surface area contributed by atoms with Crippen molar-refractivity contribution in [1.82, 2.24) is 4.90 Å². The lowest BCUT2D eigenvalue weighted by molar-refractivity contribution is -0.163. The Kier molecular flexibility index (Phi) is 5.28. The molecule has 0 saturated carbocycles. The topological polar surface area (TPSA) is 49.4 Å². The van der Waals surface area contributed by atoms with Crippen LogP contribution in [0.25, 0.3) is 0 Å². The van der Waals surface area contributed by atoms with Crippen LogP contribution in [0.5, 0.6) is 0 Å². The van der Waals surface area contributed by atoms with E-state index in [0.29, 0.717) is 5.56 Å². The fraction of sp³-hybridized carbons (Fsp3) is 0.385. The maximum atomic E-state index is 12.8. The van der Waals surface area contributed by atoms with Crippen LogP contribution in [0.15, 0.2) is 24.3 Å². The Morgan fingerprint density at radius 1 is 1.19 bits per heavy atom. The molecule has 1 aromatic rings. The van der Waals surface area contributed by atoms with E-state index in [1.54, 1.807) is 19.4 Å². The summed E-state index contributed by atoms with van der Waals surface area (Å²) >= 11 is 0. The van der Waals surface area contributed by atoms with Gasteiger partial charge in [0, 0.05) is 19.8 Å². The SMILES string of the molecule is CN(C)C(=O)Cc1ccc(NC(=O)C(F)(F)C(F)F)cc1. The van der Waals surface area contributed by atoms with Gasteiger partial charge in [-0.25, -0.2) is 8.78 Å². The maximum absolute atomic E-state index is 12.8. The molecular weight excluding hydrogens is 292 g/mol. The number of halogens is 4. The van der Waals surface area contributed by atoms with Crippen molar-refractivity contribution in [3.8, 4) is 0 Å². The van der Waals surface area contributed by atoms with E-state index in [0.717, 1.165) is 0 Å². The van der Waals surface area contributed by atoms with Crippen LogP contribution in [0.1, 0.15) is 5.56 Å². The summed E-state index contributed by atoms with van der Waals surface area (Å²) in [6.07, 6.45) is -3.97. The van der Waals surface area contributed by atoms with Crippen LogP contribution in [-0.4, -0.2) is 43.2 Å². The fourth-order valence-electron chi connectivity index (χ4n) is 1.35. The summed E-state index contributed by atoms with van der Waals surface area (Å²) < 4.78 is 49.5. The van der Waals surface area contributed by atoms with E-state index >= 15 is 0 Å². The van der Waals surface area contributed by atoms with Gasteiger partial charge in [-0.3, -0.25) is 9.59 Å². The third-order valence-electron chi connectivity index (χ3n) is 2.64. The molecule has 0 spiro atoms. The van der Waals surface area contributed by atoms with E-state index in [-0.39, 0.29) is 18.0 Å². The molecule has 0 bridgehead atoms. The van der Waals surface area contributed by atoms with Gasteiger partial charge in [0.05, 0.1) is 6.42 Å². The zero-order chi connectivity index (χ0) is 16.2. The van der Waals surface area contributed by atoms with E-state index in [1.807, 2.05) is 0 Å². The van der Waals surface area contributed by atoms with Crippen LogP contribution in [0.4, 0.5) is 23.2 Å². The summed E-state index contributed by atoms with van der Waals surface area (Å²) in [7, 11) is 3.17. The van der Waals surface area contributed by atoms with Crippen molar-refractivity contribution in [2.24, 2.45) is 0 Å². The first-order valence-corrected chi connectivity index (χ1v) is 5.91. The molecule has 0 saturated heterocycles. The lowest BCUT2D eigenvalue weighted by Crippen LogP contribution is -2.40. The number of carbonyl (C=O) groups is 2. The number of amides is 2. The van der Waals surface area contributed by atoms with E-state index in [2.05, 4.69) is 0 Å². The number of rotatable bonds is 5. The van der Waals surface area contributed by atoms with Crippen LogP contribution >= 0.6 is 0 Å². The van der Waals surface area contributed by atoms with Gasteiger partial charge < -0.3 is 10.2 Å². The molecule has 21 heavy (non-hydrogen) atoms. The van der Waals surface area contributed by atoms with Gasteiger partial charge in [-0.05, 0) is 17.7 Å². The highest BCUT2D eigenvalue weighted by Crippen LogP contribution is 2.24. The molecule has 0 atom stereocenters. The summed E-state index contributed by atoms with van der Waals surface area (Å²) in [5.74, 6) is -6.98. The number of alkyl halides is 4. The number of likely N-dealkylation sites (N-methyl/N-ethyl adjacent to an activating group) is 1. The van der Waals surface area contributed by atoms with Crippen molar-refractivity contribution in [3.63, 3.8) is 0 Å². The lowest BCUT2D eigenvalue weighted by atomic mass is 10.1. The van der Waals surface area contributed by atoms with E-state index in [4.69, 9.17) is 0 Å². The predicted octanol–water partition coefficient (Wildman–Crippen LogP) is 2.16. The zero-order valence-corrected chi connectivity index (χ0v) is 11.4. The zero-order valence-electron chi connectivity index (χ0n) is 11.4. The predicted molar refractivity (Wildman–Crippen MR) is 68.4 cm³/mol. The molecule has 0 radical (unpaired) electrons. The Balaban J connectivity index is 2.71. The molecule has 0 unspecified atom stereocenters. The van der Waals surface area contributed by atoms with Gasteiger partial charge in [0.25, 0.3) is 0 Å². The van der Waals surface area contributed by atoms with Gasteiger partial charge in [0.2, 0.25) is 5.91 Å². The second-order valence-corrected chi connectivity index (χ2v) is 4.54. The highest BCUT2D eigenvalue weighted by molar-refractivity contribution is 5.96. The molecule has 116 valence electrons. The number of anilines is 1. The van der Waals surface area contributed by atoms with E-state index < -0.39 is 18.3 Å². The number of hydrogen-bond donors (Lipinski definition) is 1. The van der Waals surface area contributed by atoms with Crippen LogP contribution in [0.2, 0.25) is 0 Å². The number of nitrogens with zero attached hydrogens (tertiary/aromatic N) is 1. The first-order chi connectivity index (χ1) is 9.64. The van der Waals surface area contributed by atoms with Crippen molar-refractivity contribution >= 4 is 17.5 Å². The van der Waals surface area contributed by atoms with Gasteiger partial charge in [-0.15, -0.1) is 0 Å². The Morgan fingerprint density at radius 3 is 2.14 bits per heavy atom. The average Bonchev–Trinajstić information content (AvgIpc) is 2.40. The molecule has 1 rings (SSSR count). The molecule has 0 fully saturated rings. The Morgan fingerprint density at radius 2 is 1.71 bits per heavy atom. The molecule has 0 aliphatic carbocycles. The van der Waals surface area contributed by atoms with Crippen molar-refractivity contribution in [3.05, 3.63) is 29.8 Å². The third-order valence-corrected chi connectivity index (χ3v) is 2.64. The Hall–Kier alpha value is -2.12. The molecule has 1 aromatic carbocycles. The maximum Gasteiger partial charge on any atom is 0.383 e. The highest BCUT2D eigenvalue weighted by Gasteiger charge is 2.48. The van der Waals surface area contributed by atoms with Crippen molar-refractivity contribution < 1.29 is 27.2 Å². The van der Waals surface area contributed by atoms with Gasteiger partial charge in [0.1, 0.15) is 0 Å². The number of carbonyl (C=O) groups excluding carboxylic acids is 2. The minimum Gasteiger partial charge on any atom is -0.349 e. The first-order valence-electron chi connectivity index (χ1n) is 5.91. The molecule has 2 amide bonds. The molecular formula is C13H14F4N2O2. The van der Waals surface area contributed by atoms with Gasteiger partial charge >= 0.3 is 18.3 Å². The normalized spacial score (nSPS) is 11.4. The molecule has 1 N–H and O–H groups in total. The molecule has 4 nitrogen and oxygen atoms in total. The minimum absolute atomic E-state index is 0.0543. The minimum atomic E-state index is -4.75. The second-order valence-electron chi connectivity index (χ2n) is 4.54. The summed E-state index contributed by atoms with van der Waals surface area (Å²) in [4.78, 5) is 23.9. The van der Waals surface area contributed by atoms with Crippen molar-refractivity contribution in [2.45, 2.75) is 18.8 Å². The van der Waals surface area contributed by atoms with Gasteiger partial charge in [-0.1, -0.05) is 12.1 Å². The fourth-order valence-corrected chi connectivity index (χ4v) is 1.35. The van der Waals surface area contributed by atoms with Crippen LogP contribution in [0, 0.1) is 0 Å². The molecule has 0 aliphatic rings. The van der Waals surface area contributed by atoms with E-state index in [9.17, 15) is 27.2 Å². The standard InChI is InChI=1S/C13H14F4N2O2/c1-19(2)10(20)7-8-3-5-9(6-4-8)18-12(21)13(16,17)11(14)15/h3-6,11H,7H2,1-2H3,(H,18,21). The summed E-state index contributed by atoms with van der Waals surface area (Å²) in [5, 5.41) is 1.70. The molecule has 0 aliphatic heterocycles. The quantitative estimate of drug-likeness (QED) is 0.848. The first kappa shape index (κ1) is 16.9. The Bertz CT molecular complexity index is 515. The van der Waals surface area contributed by atoms with Crippen LogP contribution < -0.4 is 5.32 Å². The number of benzene rings is 1. The lowest BCUT2D eigenvalue weighted by Gasteiger charge is -2.15. The third kappa shape index (κ3) is 4.44. The van der Waals surface area contributed by atoms with Crippen LogP contribution in [0.3, 0.4) is 0 Å².